The Hall–Kier alpha value is -7.30. The lowest BCUT2D eigenvalue weighted by molar-refractivity contribution is 0.908. The summed E-state index contributed by atoms with van der Waals surface area (Å²) in [6, 6.07) is 63.7. The fourth-order valence-corrected chi connectivity index (χ4v) is 7.34. The SMILES string of the molecule is CC(C)C=Nc1cccc2c(N=Cc3ccc(/C(=C(/c4ccccc4)c4ccc(C=Nc5cccc6c(N=CC(C)C)cccc56)cc4)c4ccccc4)cc3)cccc12. The zero-order valence-electron chi connectivity index (χ0n) is 34.6. The van der Waals surface area contributed by atoms with E-state index in [-0.39, 0.29) is 0 Å². The minimum Gasteiger partial charge on any atom is -0.260 e. The van der Waals surface area contributed by atoms with E-state index >= 15 is 0 Å². The molecule has 0 spiro atoms. The molecule has 0 aliphatic heterocycles. The molecule has 4 nitrogen and oxygen atoms in total. The molecule has 0 aliphatic carbocycles. The third-order valence-corrected chi connectivity index (χ3v) is 10.3. The summed E-state index contributed by atoms with van der Waals surface area (Å²) in [6.45, 7) is 8.55. The maximum absolute atomic E-state index is 4.97. The van der Waals surface area contributed by atoms with Crippen molar-refractivity contribution in [2.24, 2.45) is 31.8 Å². The third-order valence-electron chi connectivity index (χ3n) is 10.3. The molecule has 0 N–H and O–H groups in total. The van der Waals surface area contributed by atoms with Crippen LogP contribution in [0.15, 0.2) is 202 Å². The van der Waals surface area contributed by atoms with Crippen molar-refractivity contribution in [2.45, 2.75) is 27.7 Å². The lowest BCUT2D eigenvalue weighted by atomic mass is 9.85. The van der Waals surface area contributed by atoms with E-state index in [1.807, 2.05) is 24.9 Å². The van der Waals surface area contributed by atoms with Crippen molar-refractivity contribution in [3.63, 3.8) is 0 Å². The van der Waals surface area contributed by atoms with E-state index in [1.54, 1.807) is 0 Å². The summed E-state index contributed by atoms with van der Waals surface area (Å²) < 4.78 is 0. The van der Waals surface area contributed by atoms with Crippen LogP contribution in [0.25, 0.3) is 32.7 Å². The largest absolute Gasteiger partial charge is 0.260 e. The molecule has 0 saturated heterocycles. The van der Waals surface area contributed by atoms with E-state index in [2.05, 4.69) is 210 Å². The van der Waals surface area contributed by atoms with Crippen LogP contribution < -0.4 is 0 Å². The fourth-order valence-electron chi connectivity index (χ4n) is 7.34. The second-order valence-corrected chi connectivity index (χ2v) is 15.6. The fraction of sp³-hybridized carbons (Fsp3) is 0.107. The van der Waals surface area contributed by atoms with Crippen LogP contribution in [0.3, 0.4) is 0 Å². The molecule has 0 radical (unpaired) electrons. The Labute approximate surface area is 353 Å². The minimum atomic E-state index is 0.378. The summed E-state index contributed by atoms with van der Waals surface area (Å²) in [5.74, 6) is 0.756. The number of rotatable bonds is 12. The third kappa shape index (κ3) is 9.20. The number of nitrogens with zero attached hydrogens (tertiary/aromatic N) is 4. The van der Waals surface area contributed by atoms with Gasteiger partial charge < -0.3 is 0 Å². The highest BCUT2D eigenvalue weighted by atomic mass is 14.7. The van der Waals surface area contributed by atoms with Crippen LogP contribution in [0.5, 0.6) is 0 Å². The standard InChI is InChI=1S/C56H48N4/c1-39(2)35-57-51-23-11-21-49-47(51)19-13-25-53(49)59-37-41-27-31-45(32-28-41)55(43-15-7-5-8-16-43)56(44-17-9-6-10-18-44)46-33-29-42(30-34-46)38-60-54-26-14-20-48-50(54)22-12-24-52(48)58-36-40(3)4/h5-40H,1-4H3/b56-55-,57-35?,58-36?,59-37?,60-38?. The normalized spacial score (nSPS) is 12.6. The molecule has 0 bridgehead atoms. The summed E-state index contributed by atoms with van der Waals surface area (Å²) in [6.07, 6.45) is 7.88. The molecule has 0 fully saturated rings. The smallest absolute Gasteiger partial charge is 0.0709 e. The van der Waals surface area contributed by atoms with Crippen molar-refractivity contribution in [2.75, 3.05) is 0 Å². The van der Waals surface area contributed by atoms with Crippen LogP contribution in [0, 0.1) is 11.8 Å². The Morgan fingerprint density at radius 1 is 0.317 bits per heavy atom. The second-order valence-electron chi connectivity index (χ2n) is 15.6. The number of benzene rings is 8. The van der Waals surface area contributed by atoms with Gasteiger partial charge in [0.15, 0.2) is 0 Å². The van der Waals surface area contributed by atoms with Gasteiger partial charge in [0.25, 0.3) is 0 Å². The summed E-state index contributed by atoms with van der Waals surface area (Å²) >= 11 is 0. The van der Waals surface area contributed by atoms with E-state index in [0.29, 0.717) is 11.8 Å². The van der Waals surface area contributed by atoms with E-state index < -0.39 is 0 Å². The van der Waals surface area contributed by atoms with Gasteiger partial charge in [-0.3, -0.25) is 20.0 Å². The van der Waals surface area contributed by atoms with E-state index in [1.165, 1.54) is 0 Å². The van der Waals surface area contributed by atoms with Crippen LogP contribution in [0.1, 0.15) is 61.1 Å². The van der Waals surface area contributed by atoms with Gasteiger partial charge in [0.05, 0.1) is 22.7 Å². The molecular formula is C56H48N4. The summed E-state index contributed by atoms with van der Waals surface area (Å²) in [7, 11) is 0. The zero-order chi connectivity index (χ0) is 41.3. The minimum absolute atomic E-state index is 0.378. The van der Waals surface area contributed by atoms with E-state index in [9.17, 15) is 0 Å². The van der Waals surface area contributed by atoms with Crippen molar-refractivity contribution < 1.29 is 0 Å². The molecule has 8 aromatic carbocycles. The van der Waals surface area contributed by atoms with Crippen molar-refractivity contribution in [3.8, 4) is 0 Å². The van der Waals surface area contributed by atoms with Crippen molar-refractivity contribution >= 4 is 80.3 Å². The average molecular weight is 777 g/mol. The van der Waals surface area contributed by atoms with Crippen LogP contribution in [-0.4, -0.2) is 24.9 Å². The van der Waals surface area contributed by atoms with Crippen LogP contribution in [0.4, 0.5) is 22.7 Å². The summed E-state index contributed by atoms with van der Waals surface area (Å²) in [4.78, 5) is 19.5. The molecule has 0 heterocycles. The van der Waals surface area contributed by atoms with Gasteiger partial charge in [-0.15, -0.1) is 0 Å². The number of aliphatic imine (C=N–C) groups is 4. The topological polar surface area (TPSA) is 49.4 Å². The van der Waals surface area contributed by atoms with Crippen molar-refractivity contribution in [1.29, 1.82) is 0 Å². The molecule has 8 rings (SSSR count). The monoisotopic (exact) mass is 776 g/mol. The summed E-state index contributed by atoms with van der Waals surface area (Å²) in [5, 5.41) is 4.35. The van der Waals surface area contributed by atoms with Gasteiger partial charge in [0, 0.05) is 46.4 Å². The molecule has 0 saturated carbocycles. The molecular weight excluding hydrogens is 729 g/mol. The first kappa shape index (κ1) is 39.5. The van der Waals surface area contributed by atoms with Gasteiger partial charge in [0.2, 0.25) is 0 Å². The van der Waals surface area contributed by atoms with Crippen LogP contribution in [-0.2, 0) is 0 Å². The van der Waals surface area contributed by atoms with Gasteiger partial charge in [-0.2, -0.15) is 0 Å². The van der Waals surface area contributed by atoms with E-state index in [0.717, 1.165) is 88.8 Å². The molecule has 0 atom stereocenters. The quantitative estimate of drug-likeness (QED) is 0.0876. The first-order valence-electron chi connectivity index (χ1n) is 20.7. The number of hydrogen-bond acceptors (Lipinski definition) is 4. The Morgan fingerprint density at radius 3 is 0.933 bits per heavy atom. The molecule has 8 aromatic rings. The van der Waals surface area contributed by atoms with Gasteiger partial charge in [-0.1, -0.05) is 185 Å². The average Bonchev–Trinajstić information content (AvgIpc) is 3.29. The Bertz CT molecular complexity index is 2680. The predicted molar refractivity (Wildman–Crippen MR) is 259 cm³/mol. The zero-order valence-corrected chi connectivity index (χ0v) is 34.6. The van der Waals surface area contributed by atoms with Gasteiger partial charge in [-0.25, -0.2) is 0 Å². The maximum Gasteiger partial charge on any atom is 0.0709 e. The molecule has 0 amide bonds. The van der Waals surface area contributed by atoms with Gasteiger partial charge >= 0.3 is 0 Å². The highest BCUT2D eigenvalue weighted by Gasteiger charge is 2.16. The molecule has 0 aliphatic rings. The van der Waals surface area contributed by atoms with E-state index in [4.69, 9.17) is 20.0 Å². The molecule has 60 heavy (non-hydrogen) atoms. The predicted octanol–water partition coefficient (Wildman–Crippen LogP) is 15.2. The van der Waals surface area contributed by atoms with Crippen LogP contribution >= 0.6 is 0 Å². The molecule has 292 valence electrons. The van der Waals surface area contributed by atoms with Crippen LogP contribution in [0.2, 0.25) is 0 Å². The van der Waals surface area contributed by atoms with Crippen molar-refractivity contribution in [3.05, 3.63) is 215 Å². The second kappa shape index (κ2) is 18.5. The highest BCUT2D eigenvalue weighted by molar-refractivity contribution is 6.06. The molecule has 0 aromatic heterocycles. The Balaban J connectivity index is 1.14. The lowest BCUT2D eigenvalue weighted by Crippen LogP contribution is -1.98. The Kier molecular flexibility index (Phi) is 12.2. The number of hydrogen-bond donors (Lipinski definition) is 0. The lowest BCUT2D eigenvalue weighted by Gasteiger charge is -2.18. The Morgan fingerprint density at radius 2 is 0.617 bits per heavy atom. The number of fused-ring (bicyclic) bond motifs is 2. The van der Waals surface area contributed by atoms with Gasteiger partial charge in [0.1, 0.15) is 0 Å². The molecule has 0 unspecified atom stereocenters. The first-order chi connectivity index (χ1) is 29.4. The first-order valence-corrected chi connectivity index (χ1v) is 20.7. The van der Waals surface area contributed by atoms with Gasteiger partial charge in [-0.05, 0) is 80.6 Å². The summed E-state index contributed by atoms with van der Waals surface area (Å²) in [5.41, 5.74) is 12.6. The maximum atomic E-state index is 4.97. The highest BCUT2D eigenvalue weighted by Crippen LogP contribution is 2.38. The molecule has 4 heteroatoms. The van der Waals surface area contributed by atoms with Crippen molar-refractivity contribution in [1.82, 2.24) is 0 Å².